The van der Waals surface area contributed by atoms with Crippen molar-refractivity contribution in [1.82, 2.24) is 0 Å². The van der Waals surface area contributed by atoms with E-state index in [1.165, 1.54) is 57.8 Å². The minimum atomic E-state index is -0.601. The highest BCUT2D eigenvalue weighted by atomic mass is 28.3. The molecule has 1 fully saturated rings. The first-order valence-corrected chi connectivity index (χ1v) is 10.3. The average molecular weight is 257 g/mol. The molecule has 1 saturated heterocycles. The van der Waals surface area contributed by atoms with Crippen LogP contribution < -0.4 is 0 Å². The molecule has 1 unspecified atom stereocenters. The van der Waals surface area contributed by atoms with Crippen molar-refractivity contribution in [2.75, 3.05) is 6.61 Å². The van der Waals surface area contributed by atoms with E-state index in [-0.39, 0.29) is 0 Å². The summed E-state index contributed by atoms with van der Waals surface area (Å²) in [5.74, 6) is 0. The zero-order chi connectivity index (χ0) is 12.3. The number of hydrogen-bond donors (Lipinski definition) is 0. The molecule has 1 heterocycles. The summed E-state index contributed by atoms with van der Waals surface area (Å²) in [5, 5.41) is 0. The van der Waals surface area contributed by atoms with Crippen molar-refractivity contribution in [3.63, 3.8) is 0 Å². The van der Waals surface area contributed by atoms with Crippen LogP contribution in [-0.2, 0) is 4.74 Å². The van der Waals surface area contributed by atoms with Crippen LogP contribution in [0.2, 0.25) is 12.1 Å². The molecular weight excluding hydrogens is 224 g/mol. The van der Waals surface area contributed by atoms with Crippen LogP contribution >= 0.6 is 0 Å². The van der Waals surface area contributed by atoms with Gasteiger partial charge in [-0.15, -0.1) is 0 Å². The molecule has 0 aromatic carbocycles. The Bertz CT molecular complexity index is 156. The molecular formula is C15H32OSi. The fourth-order valence-corrected chi connectivity index (χ4v) is 6.74. The first-order chi connectivity index (χ1) is 8.38. The smallest absolute Gasteiger partial charge is 0.0717 e. The van der Waals surface area contributed by atoms with Crippen molar-refractivity contribution in [1.29, 1.82) is 0 Å². The summed E-state index contributed by atoms with van der Waals surface area (Å²) in [6.07, 6.45) is 12.7. The van der Waals surface area contributed by atoms with E-state index in [1.54, 1.807) is 12.1 Å². The van der Waals surface area contributed by atoms with E-state index in [0.717, 1.165) is 12.3 Å². The molecule has 1 rings (SSSR count). The van der Waals surface area contributed by atoms with Crippen LogP contribution in [0.4, 0.5) is 0 Å². The lowest BCUT2D eigenvalue weighted by Gasteiger charge is -2.29. The molecule has 0 aromatic rings. The minimum Gasteiger partial charge on any atom is -0.382 e. The molecule has 0 bridgehead atoms. The zero-order valence-electron chi connectivity index (χ0n) is 12.0. The highest BCUT2D eigenvalue weighted by Crippen LogP contribution is 2.23. The topological polar surface area (TPSA) is 9.23 Å². The van der Waals surface area contributed by atoms with E-state index in [4.69, 9.17) is 4.74 Å². The van der Waals surface area contributed by atoms with Crippen molar-refractivity contribution in [2.45, 2.75) is 89.5 Å². The van der Waals surface area contributed by atoms with E-state index < -0.39 is 8.80 Å². The molecule has 0 amide bonds. The number of ether oxygens (including phenoxy) is 1. The monoisotopic (exact) mass is 256 g/mol. The fourth-order valence-electron chi connectivity index (χ4n) is 2.97. The molecule has 1 nitrogen and oxygen atoms in total. The first kappa shape index (κ1) is 15.2. The molecule has 0 radical (unpaired) electrons. The Labute approximate surface area is 110 Å². The molecule has 102 valence electrons. The quantitative estimate of drug-likeness (QED) is 0.429. The van der Waals surface area contributed by atoms with Gasteiger partial charge >= 0.3 is 0 Å². The van der Waals surface area contributed by atoms with Crippen LogP contribution in [0.5, 0.6) is 0 Å². The van der Waals surface area contributed by atoms with E-state index in [1.807, 2.05) is 0 Å². The van der Waals surface area contributed by atoms with E-state index in [2.05, 4.69) is 13.8 Å². The van der Waals surface area contributed by atoms with Gasteiger partial charge in [0.1, 0.15) is 0 Å². The SMILES string of the molecule is CCCCC[SiH](CCCCC)C1CCCCO1. The second-order valence-corrected chi connectivity index (χ2v) is 9.08. The third kappa shape index (κ3) is 6.61. The van der Waals surface area contributed by atoms with Crippen molar-refractivity contribution in [3.8, 4) is 0 Å². The summed E-state index contributed by atoms with van der Waals surface area (Å²) in [6.45, 7) is 5.67. The Balaban J connectivity index is 2.27. The lowest BCUT2D eigenvalue weighted by Crippen LogP contribution is -2.36. The van der Waals surface area contributed by atoms with Crippen LogP contribution in [0.3, 0.4) is 0 Å². The Morgan fingerprint density at radius 1 is 0.941 bits per heavy atom. The minimum absolute atomic E-state index is 0.601. The molecule has 0 aliphatic carbocycles. The van der Waals surface area contributed by atoms with Gasteiger partial charge in [-0.05, 0) is 19.3 Å². The molecule has 0 aromatic heterocycles. The first-order valence-electron chi connectivity index (χ1n) is 8.00. The van der Waals surface area contributed by atoms with Gasteiger partial charge in [-0.25, -0.2) is 0 Å². The van der Waals surface area contributed by atoms with Crippen LogP contribution in [0.15, 0.2) is 0 Å². The van der Waals surface area contributed by atoms with Gasteiger partial charge in [0, 0.05) is 12.3 Å². The Kier molecular flexibility index (Phi) is 9.08. The summed E-state index contributed by atoms with van der Waals surface area (Å²) < 4.78 is 6.06. The average Bonchev–Trinajstić information content (AvgIpc) is 2.38. The predicted octanol–water partition coefficient (Wildman–Crippen LogP) is 4.70. The predicted molar refractivity (Wildman–Crippen MR) is 79.4 cm³/mol. The fraction of sp³-hybridized carbons (Fsp3) is 1.00. The van der Waals surface area contributed by atoms with Gasteiger partial charge in [-0.1, -0.05) is 64.5 Å². The van der Waals surface area contributed by atoms with Gasteiger partial charge in [0.05, 0.1) is 8.80 Å². The van der Waals surface area contributed by atoms with Crippen LogP contribution in [-0.4, -0.2) is 21.1 Å². The number of unbranched alkanes of at least 4 members (excludes halogenated alkanes) is 4. The van der Waals surface area contributed by atoms with Crippen molar-refractivity contribution in [2.24, 2.45) is 0 Å². The van der Waals surface area contributed by atoms with Gasteiger partial charge in [0.2, 0.25) is 0 Å². The van der Waals surface area contributed by atoms with Crippen LogP contribution in [0.25, 0.3) is 0 Å². The van der Waals surface area contributed by atoms with Gasteiger partial charge in [-0.3, -0.25) is 0 Å². The third-order valence-electron chi connectivity index (χ3n) is 4.10. The number of rotatable bonds is 9. The van der Waals surface area contributed by atoms with Crippen molar-refractivity contribution in [3.05, 3.63) is 0 Å². The summed E-state index contributed by atoms with van der Waals surface area (Å²) in [6, 6.07) is 3.09. The highest BCUT2D eigenvalue weighted by molar-refractivity contribution is 6.60. The maximum atomic E-state index is 6.06. The van der Waals surface area contributed by atoms with Crippen molar-refractivity contribution < 1.29 is 4.74 Å². The summed E-state index contributed by atoms with van der Waals surface area (Å²) in [4.78, 5) is 0. The molecule has 1 atom stereocenters. The van der Waals surface area contributed by atoms with Gasteiger partial charge < -0.3 is 4.74 Å². The molecule has 0 spiro atoms. The largest absolute Gasteiger partial charge is 0.382 e. The second kappa shape index (κ2) is 10.1. The van der Waals surface area contributed by atoms with Crippen LogP contribution in [0.1, 0.15) is 71.6 Å². The molecule has 0 N–H and O–H groups in total. The number of hydrogen-bond acceptors (Lipinski definition) is 1. The van der Waals surface area contributed by atoms with Gasteiger partial charge in [-0.2, -0.15) is 0 Å². The molecule has 17 heavy (non-hydrogen) atoms. The summed E-state index contributed by atoms with van der Waals surface area (Å²) >= 11 is 0. The highest BCUT2D eigenvalue weighted by Gasteiger charge is 2.24. The van der Waals surface area contributed by atoms with E-state index in [9.17, 15) is 0 Å². The van der Waals surface area contributed by atoms with Crippen LogP contribution in [0, 0.1) is 0 Å². The normalized spacial score (nSPS) is 21.0. The Morgan fingerprint density at radius 3 is 2.06 bits per heavy atom. The summed E-state index contributed by atoms with van der Waals surface area (Å²) in [7, 11) is -0.601. The zero-order valence-corrected chi connectivity index (χ0v) is 13.2. The standard InChI is InChI=1S/C15H32OSi/c1-3-5-9-13-17(14-10-6-4-2)15-11-7-8-12-16-15/h15,17H,3-14H2,1-2H3. The molecule has 0 saturated carbocycles. The Morgan fingerprint density at radius 2 is 1.59 bits per heavy atom. The van der Waals surface area contributed by atoms with Gasteiger partial charge in [0.15, 0.2) is 0 Å². The third-order valence-corrected chi connectivity index (χ3v) is 7.97. The molecule has 1 aliphatic rings. The second-order valence-electron chi connectivity index (χ2n) is 5.66. The van der Waals surface area contributed by atoms with Gasteiger partial charge in [0.25, 0.3) is 0 Å². The van der Waals surface area contributed by atoms with E-state index in [0.29, 0.717) is 0 Å². The Hall–Kier alpha value is 0.177. The maximum Gasteiger partial charge on any atom is 0.0717 e. The lowest BCUT2D eigenvalue weighted by atomic mass is 10.2. The molecule has 2 heteroatoms. The van der Waals surface area contributed by atoms with E-state index >= 15 is 0 Å². The maximum absolute atomic E-state index is 6.06. The molecule has 1 aliphatic heterocycles. The van der Waals surface area contributed by atoms with Crippen molar-refractivity contribution >= 4 is 8.80 Å². The summed E-state index contributed by atoms with van der Waals surface area (Å²) in [5.41, 5.74) is 0.734. The lowest BCUT2D eigenvalue weighted by molar-refractivity contribution is 0.0619.